The number of carbonyl (C=O) groups excluding carboxylic acids is 1. The lowest BCUT2D eigenvalue weighted by molar-refractivity contribution is -0.384. The average molecular weight is 401 g/mol. The summed E-state index contributed by atoms with van der Waals surface area (Å²) in [6.07, 6.45) is 0.846. The molecule has 2 aromatic carbocycles. The highest BCUT2D eigenvalue weighted by Gasteiger charge is 2.15. The largest absolute Gasteiger partial charge is 0.493 e. The Morgan fingerprint density at radius 1 is 1.21 bits per heavy atom. The molecule has 0 atom stereocenters. The van der Waals surface area contributed by atoms with Crippen molar-refractivity contribution in [1.82, 2.24) is 4.57 Å². The SMILES string of the molecule is CCCn1c(=NC(=O)c2cccc([N+](=O)[O-])c2)sc2cc(OC)c(OC)cc21. The van der Waals surface area contributed by atoms with Crippen LogP contribution in [0.1, 0.15) is 23.7 Å². The van der Waals surface area contributed by atoms with Crippen LogP contribution in [0, 0.1) is 10.1 Å². The van der Waals surface area contributed by atoms with Crippen molar-refractivity contribution in [3.05, 3.63) is 56.9 Å². The van der Waals surface area contributed by atoms with Crippen molar-refractivity contribution in [1.29, 1.82) is 0 Å². The maximum absolute atomic E-state index is 12.6. The van der Waals surface area contributed by atoms with Crippen molar-refractivity contribution in [2.45, 2.75) is 19.9 Å². The quantitative estimate of drug-likeness (QED) is 0.463. The molecule has 1 aromatic heterocycles. The van der Waals surface area contributed by atoms with Gasteiger partial charge in [-0.3, -0.25) is 14.9 Å². The normalized spacial score (nSPS) is 11.6. The van der Waals surface area contributed by atoms with Crippen LogP contribution in [-0.4, -0.2) is 29.6 Å². The summed E-state index contributed by atoms with van der Waals surface area (Å²) in [7, 11) is 3.13. The van der Waals surface area contributed by atoms with Gasteiger partial charge in [0.25, 0.3) is 11.6 Å². The first-order valence-corrected chi connectivity index (χ1v) is 9.39. The van der Waals surface area contributed by atoms with E-state index in [9.17, 15) is 14.9 Å². The number of rotatable bonds is 6. The average Bonchev–Trinajstić information content (AvgIpc) is 3.03. The Bertz CT molecular complexity index is 1120. The Kier molecular flexibility index (Phi) is 5.74. The highest BCUT2D eigenvalue weighted by atomic mass is 32.1. The molecule has 0 aliphatic carbocycles. The zero-order valence-corrected chi connectivity index (χ0v) is 16.5. The Balaban J connectivity index is 2.15. The van der Waals surface area contributed by atoms with E-state index in [4.69, 9.17) is 9.47 Å². The summed E-state index contributed by atoms with van der Waals surface area (Å²) in [5.41, 5.74) is 0.910. The third kappa shape index (κ3) is 3.74. The minimum absolute atomic E-state index is 0.145. The number of benzene rings is 2. The highest BCUT2D eigenvalue weighted by molar-refractivity contribution is 7.16. The van der Waals surface area contributed by atoms with Crippen LogP contribution in [0.5, 0.6) is 11.5 Å². The molecule has 0 saturated carbocycles. The lowest BCUT2D eigenvalue weighted by atomic mass is 10.2. The number of carbonyl (C=O) groups is 1. The van der Waals surface area contributed by atoms with Gasteiger partial charge in [-0.05, 0) is 12.5 Å². The van der Waals surface area contributed by atoms with Gasteiger partial charge in [0.2, 0.25) is 0 Å². The van der Waals surface area contributed by atoms with Crippen LogP contribution in [0.4, 0.5) is 5.69 Å². The molecular weight excluding hydrogens is 382 g/mol. The molecule has 28 heavy (non-hydrogen) atoms. The van der Waals surface area contributed by atoms with Gasteiger partial charge in [-0.2, -0.15) is 4.99 Å². The zero-order chi connectivity index (χ0) is 20.3. The third-order valence-electron chi connectivity index (χ3n) is 4.14. The molecule has 1 heterocycles. The fourth-order valence-electron chi connectivity index (χ4n) is 2.83. The van der Waals surface area contributed by atoms with E-state index >= 15 is 0 Å². The Labute approximate surface area is 164 Å². The van der Waals surface area contributed by atoms with Crippen LogP contribution in [0.25, 0.3) is 10.2 Å². The first-order valence-electron chi connectivity index (χ1n) is 8.57. The lowest BCUT2D eigenvalue weighted by Crippen LogP contribution is -2.17. The van der Waals surface area contributed by atoms with Crippen molar-refractivity contribution < 1.29 is 19.2 Å². The van der Waals surface area contributed by atoms with E-state index < -0.39 is 10.8 Å². The standard InChI is InChI=1S/C19H19N3O5S/c1-4-8-21-14-10-15(26-2)16(27-3)11-17(14)28-19(21)20-18(23)12-6-5-7-13(9-12)22(24)25/h5-7,9-11H,4,8H2,1-3H3. The topological polar surface area (TPSA) is 96.0 Å². The first kappa shape index (κ1) is 19.6. The molecule has 3 aromatic rings. The minimum Gasteiger partial charge on any atom is -0.493 e. The van der Waals surface area contributed by atoms with Gasteiger partial charge < -0.3 is 14.0 Å². The number of methoxy groups -OCH3 is 2. The maximum Gasteiger partial charge on any atom is 0.279 e. The predicted molar refractivity (Wildman–Crippen MR) is 106 cm³/mol. The first-order chi connectivity index (χ1) is 13.5. The minimum atomic E-state index is -0.536. The van der Waals surface area contributed by atoms with Gasteiger partial charge >= 0.3 is 0 Å². The smallest absolute Gasteiger partial charge is 0.279 e. The fourth-order valence-corrected chi connectivity index (χ4v) is 3.89. The van der Waals surface area contributed by atoms with Crippen molar-refractivity contribution in [2.24, 2.45) is 4.99 Å². The second-order valence-electron chi connectivity index (χ2n) is 5.94. The molecule has 1 amide bonds. The van der Waals surface area contributed by atoms with Crippen molar-refractivity contribution in [3.8, 4) is 11.5 Å². The van der Waals surface area contributed by atoms with E-state index in [1.807, 2.05) is 23.6 Å². The summed E-state index contributed by atoms with van der Waals surface area (Å²) in [5.74, 6) is 0.657. The molecule has 8 nitrogen and oxygen atoms in total. The fraction of sp³-hybridized carbons (Fsp3) is 0.263. The van der Waals surface area contributed by atoms with Gasteiger partial charge in [-0.15, -0.1) is 0 Å². The number of hydrogen-bond donors (Lipinski definition) is 0. The molecule has 0 fully saturated rings. The van der Waals surface area contributed by atoms with Crippen LogP contribution in [0.3, 0.4) is 0 Å². The van der Waals surface area contributed by atoms with E-state index in [1.165, 1.54) is 35.6 Å². The Morgan fingerprint density at radius 2 is 1.93 bits per heavy atom. The number of nitrogens with zero attached hydrogens (tertiary/aromatic N) is 3. The molecule has 0 radical (unpaired) electrons. The molecule has 0 bridgehead atoms. The lowest BCUT2D eigenvalue weighted by Gasteiger charge is -2.08. The van der Waals surface area contributed by atoms with E-state index in [0.29, 0.717) is 22.8 Å². The number of aromatic nitrogens is 1. The predicted octanol–water partition coefficient (Wildman–Crippen LogP) is 3.78. The summed E-state index contributed by atoms with van der Waals surface area (Å²) < 4.78 is 13.6. The van der Waals surface area contributed by atoms with Crippen LogP contribution >= 0.6 is 11.3 Å². The molecule has 0 unspecified atom stereocenters. The number of thiazole rings is 1. The molecule has 146 valence electrons. The number of ether oxygens (including phenoxy) is 2. The number of hydrogen-bond acceptors (Lipinski definition) is 6. The van der Waals surface area contributed by atoms with Crippen molar-refractivity contribution in [2.75, 3.05) is 14.2 Å². The monoisotopic (exact) mass is 401 g/mol. The third-order valence-corrected chi connectivity index (χ3v) is 5.18. The molecular formula is C19H19N3O5S. The second kappa shape index (κ2) is 8.22. The van der Waals surface area contributed by atoms with Gasteiger partial charge in [0.1, 0.15) is 0 Å². The molecule has 0 aliphatic heterocycles. The molecule has 0 aliphatic rings. The van der Waals surface area contributed by atoms with Crippen LogP contribution < -0.4 is 14.3 Å². The summed E-state index contributed by atoms with van der Waals surface area (Å²) >= 11 is 1.35. The van der Waals surface area contributed by atoms with Gasteiger partial charge in [-0.1, -0.05) is 24.3 Å². The van der Waals surface area contributed by atoms with Gasteiger partial charge in [0.05, 0.1) is 29.4 Å². The number of fused-ring (bicyclic) bond motifs is 1. The number of nitro groups is 1. The summed E-state index contributed by atoms with van der Waals surface area (Å²) in [4.78, 5) is 27.8. The van der Waals surface area contributed by atoms with E-state index in [0.717, 1.165) is 16.6 Å². The number of amides is 1. The second-order valence-corrected chi connectivity index (χ2v) is 6.94. The molecule has 0 N–H and O–H groups in total. The maximum atomic E-state index is 12.6. The van der Waals surface area contributed by atoms with Crippen LogP contribution in [-0.2, 0) is 6.54 Å². The van der Waals surface area contributed by atoms with Crippen molar-refractivity contribution >= 4 is 33.1 Å². The molecule has 0 saturated heterocycles. The highest BCUT2D eigenvalue weighted by Crippen LogP contribution is 2.33. The van der Waals surface area contributed by atoms with E-state index in [1.54, 1.807) is 14.2 Å². The summed E-state index contributed by atoms with van der Waals surface area (Å²) in [6.45, 7) is 2.69. The van der Waals surface area contributed by atoms with Gasteiger partial charge in [-0.25, -0.2) is 0 Å². The zero-order valence-electron chi connectivity index (χ0n) is 15.7. The Hall–Kier alpha value is -3.20. The van der Waals surface area contributed by atoms with Crippen molar-refractivity contribution in [3.63, 3.8) is 0 Å². The number of non-ortho nitro benzene ring substituents is 1. The summed E-state index contributed by atoms with van der Waals surface area (Å²) in [5, 5.41) is 10.9. The molecule has 0 spiro atoms. The van der Waals surface area contributed by atoms with Gasteiger partial charge in [0.15, 0.2) is 16.3 Å². The number of aryl methyl sites for hydroxylation is 1. The molecule has 3 rings (SSSR count). The number of nitro benzene ring substituents is 1. The van der Waals surface area contributed by atoms with Gasteiger partial charge in [0, 0.05) is 36.4 Å². The summed E-state index contributed by atoms with van der Waals surface area (Å²) in [6, 6.07) is 9.27. The molecule has 9 heteroatoms. The van der Waals surface area contributed by atoms with Crippen LogP contribution in [0.2, 0.25) is 0 Å². The van der Waals surface area contributed by atoms with E-state index in [-0.39, 0.29) is 11.3 Å². The Morgan fingerprint density at radius 3 is 2.57 bits per heavy atom. The van der Waals surface area contributed by atoms with Crippen LogP contribution in [0.15, 0.2) is 41.4 Å². The van der Waals surface area contributed by atoms with E-state index in [2.05, 4.69) is 4.99 Å².